The van der Waals surface area contributed by atoms with Crippen molar-refractivity contribution in [2.24, 2.45) is 11.8 Å². The number of hydrogen-bond acceptors (Lipinski definition) is 2. The Bertz CT molecular complexity index is 699. The van der Waals surface area contributed by atoms with Crippen molar-refractivity contribution in [2.45, 2.75) is 12.8 Å². The Hall–Kier alpha value is -2.36. The van der Waals surface area contributed by atoms with Crippen molar-refractivity contribution in [3.63, 3.8) is 0 Å². The van der Waals surface area contributed by atoms with E-state index in [-0.39, 0.29) is 5.78 Å². The maximum absolute atomic E-state index is 12.7. The number of para-hydroxylation sites is 1. The molecule has 0 spiro atoms. The minimum atomic E-state index is -0.896. The zero-order chi connectivity index (χ0) is 14.1. The highest BCUT2D eigenvalue weighted by atomic mass is 16.4. The van der Waals surface area contributed by atoms with E-state index in [0.717, 1.165) is 10.9 Å². The quantitative estimate of drug-likeness (QED) is 0.664. The number of nitrogens with one attached hydrogen (secondary N) is 1. The summed E-state index contributed by atoms with van der Waals surface area (Å²) in [6.07, 6.45) is 6.35. The Morgan fingerprint density at radius 2 is 1.80 bits per heavy atom. The number of aliphatic carboxylic acids is 1. The van der Waals surface area contributed by atoms with Crippen LogP contribution < -0.4 is 0 Å². The van der Waals surface area contributed by atoms with Crippen molar-refractivity contribution in [2.75, 3.05) is 0 Å². The number of benzene rings is 1. The van der Waals surface area contributed by atoms with Gasteiger partial charge in [-0.1, -0.05) is 30.4 Å². The minimum Gasteiger partial charge on any atom is -0.481 e. The first kappa shape index (κ1) is 12.7. The summed E-state index contributed by atoms with van der Waals surface area (Å²) in [5.74, 6) is -2.08. The van der Waals surface area contributed by atoms with Crippen molar-refractivity contribution in [3.05, 3.63) is 48.2 Å². The summed E-state index contributed by atoms with van der Waals surface area (Å²) in [6.45, 7) is 0. The monoisotopic (exact) mass is 269 g/mol. The minimum absolute atomic E-state index is 0.0841. The predicted molar refractivity (Wildman–Crippen MR) is 75.6 cm³/mol. The average molecular weight is 269 g/mol. The van der Waals surface area contributed by atoms with Gasteiger partial charge in [-0.3, -0.25) is 9.59 Å². The topological polar surface area (TPSA) is 70.2 Å². The summed E-state index contributed by atoms with van der Waals surface area (Å²) >= 11 is 0. The van der Waals surface area contributed by atoms with Crippen LogP contribution in [0.5, 0.6) is 0 Å². The first-order chi connectivity index (χ1) is 9.68. The molecule has 2 atom stereocenters. The van der Waals surface area contributed by atoms with Gasteiger partial charge in [0.25, 0.3) is 0 Å². The number of ketones is 1. The van der Waals surface area contributed by atoms with Gasteiger partial charge in [-0.2, -0.15) is 0 Å². The van der Waals surface area contributed by atoms with Gasteiger partial charge in [-0.05, 0) is 18.9 Å². The Labute approximate surface area is 116 Å². The summed E-state index contributed by atoms with van der Waals surface area (Å²) in [7, 11) is 0. The molecular formula is C16H15NO3. The fourth-order valence-corrected chi connectivity index (χ4v) is 2.85. The standard InChI is InChI=1S/C16H15NO3/c18-15(11-6-1-2-7-12(11)16(19)20)13-9-17-14-8-4-3-5-10(13)14/h1-5,8-9,11-12,17H,6-7H2,(H,19,20). The lowest BCUT2D eigenvalue weighted by Gasteiger charge is -2.23. The van der Waals surface area contributed by atoms with E-state index in [4.69, 9.17) is 0 Å². The molecule has 0 aliphatic heterocycles. The van der Waals surface area contributed by atoms with E-state index in [2.05, 4.69) is 4.98 Å². The van der Waals surface area contributed by atoms with Crippen LogP contribution >= 0.6 is 0 Å². The lowest BCUT2D eigenvalue weighted by molar-refractivity contribution is -0.143. The van der Waals surface area contributed by atoms with Crippen LogP contribution in [0.1, 0.15) is 23.2 Å². The molecule has 1 aliphatic carbocycles. The number of rotatable bonds is 3. The molecule has 0 bridgehead atoms. The highest BCUT2D eigenvalue weighted by Gasteiger charge is 2.35. The molecule has 1 aromatic carbocycles. The molecule has 0 fully saturated rings. The molecule has 0 radical (unpaired) electrons. The van der Waals surface area contributed by atoms with E-state index in [1.807, 2.05) is 36.4 Å². The van der Waals surface area contributed by atoms with E-state index < -0.39 is 17.8 Å². The van der Waals surface area contributed by atoms with Gasteiger partial charge >= 0.3 is 5.97 Å². The highest BCUT2D eigenvalue weighted by molar-refractivity contribution is 6.09. The SMILES string of the molecule is O=C(O)C1CC=CCC1C(=O)c1c[nH]c2ccccc12. The number of fused-ring (bicyclic) bond motifs is 1. The molecule has 20 heavy (non-hydrogen) atoms. The Kier molecular flexibility index (Phi) is 3.14. The summed E-state index contributed by atoms with van der Waals surface area (Å²) < 4.78 is 0. The number of aromatic nitrogens is 1. The molecule has 0 amide bonds. The van der Waals surface area contributed by atoms with Gasteiger partial charge in [-0.25, -0.2) is 0 Å². The van der Waals surface area contributed by atoms with Crippen LogP contribution in [0, 0.1) is 11.8 Å². The molecule has 2 unspecified atom stereocenters. The number of carboxylic acid groups (broad SMARTS) is 1. The number of Topliss-reactive ketones (excluding diaryl/α,β-unsaturated/α-hetero) is 1. The van der Waals surface area contributed by atoms with Crippen LogP contribution in [-0.2, 0) is 4.79 Å². The molecule has 1 heterocycles. The third kappa shape index (κ3) is 2.03. The zero-order valence-electron chi connectivity index (χ0n) is 10.9. The number of allylic oxidation sites excluding steroid dienone is 2. The van der Waals surface area contributed by atoms with E-state index >= 15 is 0 Å². The number of carbonyl (C=O) groups is 2. The third-order valence-electron chi connectivity index (χ3n) is 3.94. The Morgan fingerprint density at radius 1 is 1.10 bits per heavy atom. The molecule has 102 valence electrons. The van der Waals surface area contributed by atoms with Gasteiger partial charge < -0.3 is 10.1 Å². The first-order valence-corrected chi connectivity index (χ1v) is 6.66. The normalized spacial score (nSPS) is 22.0. The third-order valence-corrected chi connectivity index (χ3v) is 3.94. The van der Waals surface area contributed by atoms with Crippen LogP contribution in [0.4, 0.5) is 0 Å². The number of H-pyrrole nitrogens is 1. The lowest BCUT2D eigenvalue weighted by Crippen LogP contribution is -2.31. The Morgan fingerprint density at radius 3 is 2.55 bits per heavy atom. The van der Waals surface area contributed by atoms with Crippen LogP contribution in [0.15, 0.2) is 42.6 Å². The molecule has 2 aromatic rings. The van der Waals surface area contributed by atoms with Crippen molar-refractivity contribution in [3.8, 4) is 0 Å². The molecule has 1 aliphatic rings. The second kappa shape index (κ2) is 4.96. The van der Waals surface area contributed by atoms with Gasteiger partial charge in [0, 0.05) is 28.6 Å². The number of carboxylic acids is 1. The van der Waals surface area contributed by atoms with Crippen molar-refractivity contribution in [1.29, 1.82) is 0 Å². The molecule has 0 saturated carbocycles. The van der Waals surface area contributed by atoms with Crippen molar-refractivity contribution in [1.82, 2.24) is 4.98 Å². The maximum atomic E-state index is 12.7. The van der Waals surface area contributed by atoms with Crippen LogP contribution in [0.25, 0.3) is 10.9 Å². The van der Waals surface area contributed by atoms with Crippen LogP contribution in [0.3, 0.4) is 0 Å². The largest absolute Gasteiger partial charge is 0.481 e. The summed E-state index contributed by atoms with van der Waals surface area (Å²) in [6, 6.07) is 7.56. The van der Waals surface area contributed by atoms with E-state index in [9.17, 15) is 14.7 Å². The van der Waals surface area contributed by atoms with Crippen molar-refractivity contribution >= 4 is 22.7 Å². The molecule has 2 N–H and O–H groups in total. The highest BCUT2D eigenvalue weighted by Crippen LogP contribution is 2.31. The molecule has 1 aromatic heterocycles. The van der Waals surface area contributed by atoms with Gasteiger partial charge in [0.2, 0.25) is 0 Å². The smallest absolute Gasteiger partial charge is 0.307 e. The summed E-state index contributed by atoms with van der Waals surface area (Å²) in [5, 5.41) is 10.1. The van der Waals surface area contributed by atoms with E-state index in [1.165, 1.54) is 0 Å². The average Bonchev–Trinajstić information content (AvgIpc) is 2.90. The number of carbonyl (C=O) groups excluding carboxylic acids is 1. The second-order valence-electron chi connectivity index (χ2n) is 5.11. The lowest BCUT2D eigenvalue weighted by atomic mass is 9.78. The van der Waals surface area contributed by atoms with Crippen LogP contribution in [0.2, 0.25) is 0 Å². The zero-order valence-corrected chi connectivity index (χ0v) is 10.9. The summed E-state index contributed by atoms with van der Waals surface area (Å²) in [5.41, 5.74) is 1.49. The fraction of sp³-hybridized carbons (Fsp3) is 0.250. The summed E-state index contributed by atoms with van der Waals surface area (Å²) in [4.78, 5) is 27.0. The maximum Gasteiger partial charge on any atom is 0.307 e. The first-order valence-electron chi connectivity index (χ1n) is 6.66. The number of hydrogen-bond donors (Lipinski definition) is 2. The van der Waals surface area contributed by atoms with Gasteiger partial charge in [-0.15, -0.1) is 0 Å². The van der Waals surface area contributed by atoms with E-state index in [1.54, 1.807) is 6.20 Å². The molecular weight excluding hydrogens is 254 g/mol. The van der Waals surface area contributed by atoms with Gasteiger partial charge in [0.15, 0.2) is 5.78 Å². The van der Waals surface area contributed by atoms with Gasteiger partial charge in [0.1, 0.15) is 0 Å². The van der Waals surface area contributed by atoms with Crippen molar-refractivity contribution < 1.29 is 14.7 Å². The van der Waals surface area contributed by atoms with Crippen LogP contribution in [-0.4, -0.2) is 21.8 Å². The van der Waals surface area contributed by atoms with Gasteiger partial charge in [0.05, 0.1) is 5.92 Å². The predicted octanol–water partition coefficient (Wildman–Crippen LogP) is 3.02. The molecule has 4 nitrogen and oxygen atoms in total. The molecule has 3 rings (SSSR count). The second-order valence-corrected chi connectivity index (χ2v) is 5.11. The number of aromatic amines is 1. The Balaban J connectivity index is 1.99. The van der Waals surface area contributed by atoms with E-state index in [0.29, 0.717) is 18.4 Å². The molecule has 0 saturated heterocycles. The molecule has 4 heteroatoms. The fourth-order valence-electron chi connectivity index (χ4n) is 2.85.